The second kappa shape index (κ2) is 5.97. The zero-order valence-corrected chi connectivity index (χ0v) is 12.1. The molecule has 20 heavy (non-hydrogen) atoms. The third-order valence-electron chi connectivity index (χ3n) is 4.46. The van der Waals surface area contributed by atoms with Crippen molar-refractivity contribution in [2.45, 2.75) is 44.4 Å². The fourth-order valence-corrected chi connectivity index (χ4v) is 3.35. The number of pyridine rings is 1. The summed E-state index contributed by atoms with van der Waals surface area (Å²) >= 11 is 0. The number of rotatable bonds is 3. The minimum absolute atomic E-state index is 0.387. The fraction of sp³-hybridized carbons (Fsp3) is 0.667. The van der Waals surface area contributed by atoms with Crippen molar-refractivity contribution in [2.75, 3.05) is 30.7 Å². The highest BCUT2D eigenvalue weighted by Crippen LogP contribution is 2.24. The molecular formula is C15H24N4O. The van der Waals surface area contributed by atoms with Crippen LogP contribution in [0.3, 0.4) is 0 Å². The second-order valence-electron chi connectivity index (χ2n) is 5.89. The predicted octanol–water partition coefficient (Wildman–Crippen LogP) is 1.72. The first-order valence-electron chi connectivity index (χ1n) is 7.55. The molecule has 5 nitrogen and oxygen atoms in total. The molecule has 3 N–H and O–H groups in total. The summed E-state index contributed by atoms with van der Waals surface area (Å²) < 4.78 is 5.67. The number of nitrogens with one attached hydrogen (secondary N) is 1. The number of piperidine rings is 1. The Hall–Kier alpha value is -1.33. The van der Waals surface area contributed by atoms with Crippen LogP contribution in [0.25, 0.3) is 0 Å². The number of nitrogens with two attached hydrogens (primary N) is 1. The maximum absolute atomic E-state index is 5.76. The largest absolute Gasteiger partial charge is 0.397 e. The molecule has 5 heteroatoms. The van der Waals surface area contributed by atoms with E-state index in [-0.39, 0.29) is 0 Å². The first-order valence-corrected chi connectivity index (χ1v) is 7.55. The quantitative estimate of drug-likeness (QED) is 0.880. The van der Waals surface area contributed by atoms with Crippen LogP contribution in [-0.2, 0) is 4.74 Å². The van der Waals surface area contributed by atoms with E-state index in [1.54, 1.807) is 6.20 Å². The number of nitrogen functional groups attached to an aromatic ring is 1. The van der Waals surface area contributed by atoms with E-state index in [1.165, 1.54) is 6.42 Å². The van der Waals surface area contributed by atoms with Crippen LogP contribution >= 0.6 is 0 Å². The Morgan fingerprint density at radius 3 is 2.75 bits per heavy atom. The van der Waals surface area contributed by atoms with Crippen LogP contribution in [0, 0.1) is 0 Å². The second-order valence-corrected chi connectivity index (χ2v) is 5.89. The van der Waals surface area contributed by atoms with Gasteiger partial charge in [-0.2, -0.15) is 0 Å². The van der Waals surface area contributed by atoms with E-state index in [2.05, 4.69) is 22.1 Å². The number of ether oxygens (including phenoxy) is 1. The Balaban J connectivity index is 1.51. The fourth-order valence-electron chi connectivity index (χ4n) is 3.35. The van der Waals surface area contributed by atoms with Crippen LogP contribution in [0.1, 0.15) is 26.2 Å². The zero-order chi connectivity index (χ0) is 13.9. The topological polar surface area (TPSA) is 63.4 Å². The van der Waals surface area contributed by atoms with Gasteiger partial charge in [-0.3, -0.25) is 9.88 Å². The number of hydrogen-bond acceptors (Lipinski definition) is 5. The van der Waals surface area contributed by atoms with Gasteiger partial charge in [0.05, 0.1) is 23.7 Å². The highest BCUT2D eigenvalue weighted by Gasteiger charge is 2.32. The van der Waals surface area contributed by atoms with Gasteiger partial charge in [-0.25, -0.2) is 0 Å². The van der Waals surface area contributed by atoms with Gasteiger partial charge in [0.25, 0.3) is 0 Å². The van der Waals surface area contributed by atoms with Crippen LogP contribution in [-0.4, -0.2) is 47.8 Å². The molecule has 0 radical (unpaired) electrons. The highest BCUT2D eigenvalue weighted by atomic mass is 16.5. The van der Waals surface area contributed by atoms with Gasteiger partial charge in [-0.1, -0.05) is 0 Å². The molecule has 2 saturated heterocycles. The molecule has 0 aromatic carbocycles. The molecular weight excluding hydrogens is 252 g/mol. The lowest BCUT2D eigenvalue weighted by atomic mass is 10.0. The SMILES string of the molecule is CC1OCCC1N1CCC(Nc2cncc(N)c2)CC1. The first-order chi connectivity index (χ1) is 9.72. The molecule has 0 bridgehead atoms. The molecule has 2 aliphatic heterocycles. The van der Waals surface area contributed by atoms with Crippen LogP contribution in [0.15, 0.2) is 18.5 Å². The lowest BCUT2D eigenvalue weighted by molar-refractivity contribution is 0.0641. The molecule has 2 unspecified atom stereocenters. The number of nitrogens with zero attached hydrogens (tertiary/aromatic N) is 2. The van der Waals surface area contributed by atoms with Crippen LogP contribution in [0.5, 0.6) is 0 Å². The summed E-state index contributed by atoms with van der Waals surface area (Å²) in [6.45, 7) is 5.40. The molecule has 0 amide bonds. The van der Waals surface area contributed by atoms with E-state index in [0.717, 1.165) is 38.2 Å². The summed E-state index contributed by atoms with van der Waals surface area (Å²) in [5.41, 5.74) is 7.50. The van der Waals surface area contributed by atoms with E-state index in [9.17, 15) is 0 Å². The van der Waals surface area contributed by atoms with Gasteiger partial charge in [0.15, 0.2) is 0 Å². The Kier molecular flexibility index (Phi) is 4.08. The number of hydrogen-bond donors (Lipinski definition) is 2. The average molecular weight is 276 g/mol. The smallest absolute Gasteiger partial charge is 0.0703 e. The van der Waals surface area contributed by atoms with Crippen molar-refractivity contribution >= 4 is 11.4 Å². The van der Waals surface area contributed by atoms with Crippen molar-refractivity contribution in [3.05, 3.63) is 18.5 Å². The van der Waals surface area contributed by atoms with Crippen molar-refractivity contribution in [3.8, 4) is 0 Å². The summed E-state index contributed by atoms with van der Waals surface area (Å²) in [6.07, 6.45) is 7.41. The number of likely N-dealkylation sites (tertiary alicyclic amines) is 1. The predicted molar refractivity (Wildman–Crippen MR) is 80.7 cm³/mol. The van der Waals surface area contributed by atoms with Gasteiger partial charge in [-0.15, -0.1) is 0 Å². The molecule has 0 aliphatic carbocycles. The molecule has 3 heterocycles. The Labute approximate surface area is 120 Å². The Bertz CT molecular complexity index is 445. The van der Waals surface area contributed by atoms with Gasteiger partial charge >= 0.3 is 0 Å². The van der Waals surface area contributed by atoms with Gasteiger partial charge in [0.1, 0.15) is 0 Å². The summed E-state index contributed by atoms with van der Waals surface area (Å²) in [4.78, 5) is 6.71. The molecule has 2 aliphatic rings. The maximum atomic E-state index is 5.76. The first kappa shape index (κ1) is 13.6. The number of anilines is 2. The standard InChI is InChI=1S/C15H24N4O/c1-11-15(4-7-20-11)19-5-2-13(3-6-19)18-14-8-12(16)9-17-10-14/h8-11,13,15,18H,2-7,16H2,1H3. The summed E-state index contributed by atoms with van der Waals surface area (Å²) in [7, 11) is 0. The van der Waals surface area contributed by atoms with Crippen molar-refractivity contribution in [2.24, 2.45) is 0 Å². The van der Waals surface area contributed by atoms with Crippen molar-refractivity contribution in [1.82, 2.24) is 9.88 Å². The molecule has 2 fully saturated rings. The van der Waals surface area contributed by atoms with Gasteiger partial charge in [0, 0.05) is 38.0 Å². The summed E-state index contributed by atoms with van der Waals surface area (Å²) in [5, 5.41) is 3.54. The molecule has 2 atom stereocenters. The highest BCUT2D eigenvalue weighted by molar-refractivity contribution is 5.51. The third kappa shape index (κ3) is 3.04. The molecule has 110 valence electrons. The van der Waals surface area contributed by atoms with E-state index in [1.807, 2.05) is 12.3 Å². The molecule has 1 aromatic heterocycles. The van der Waals surface area contributed by atoms with Crippen LogP contribution in [0.2, 0.25) is 0 Å². The lowest BCUT2D eigenvalue weighted by Crippen LogP contribution is -2.47. The van der Waals surface area contributed by atoms with Gasteiger partial charge < -0.3 is 15.8 Å². The van der Waals surface area contributed by atoms with E-state index in [0.29, 0.717) is 23.9 Å². The maximum Gasteiger partial charge on any atom is 0.0703 e. The van der Waals surface area contributed by atoms with Crippen molar-refractivity contribution < 1.29 is 4.74 Å². The minimum Gasteiger partial charge on any atom is -0.397 e. The monoisotopic (exact) mass is 276 g/mol. The third-order valence-corrected chi connectivity index (χ3v) is 4.46. The number of aromatic nitrogens is 1. The van der Waals surface area contributed by atoms with Crippen molar-refractivity contribution in [3.63, 3.8) is 0 Å². The molecule has 0 saturated carbocycles. The molecule has 3 rings (SSSR count). The van der Waals surface area contributed by atoms with Crippen LogP contribution in [0.4, 0.5) is 11.4 Å². The Morgan fingerprint density at radius 1 is 1.30 bits per heavy atom. The normalized spacial score (nSPS) is 28.6. The van der Waals surface area contributed by atoms with E-state index in [4.69, 9.17) is 10.5 Å². The lowest BCUT2D eigenvalue weighted by Gasteiger charge is -2.37. The Morgan fingerprint density at radius 2 is 2.10 bits per heavy atom. The van der Waals surface area contributed by atoms with E-state index < -0.39 is 0 Å². The van der Waals surface area contributed by atoms with Gasteiger partial charge in [-0.05, 0) is 32.3 Å². The zero-order valence-electron chi connectivity index (χ0n) is 12.1. The summed E-state index contributed by atoms with van der Waals surface area (Å²) in [6, 6.07) is 3.09. The van der Waals surface area contributed by atoms with E-state index >= 15 is 0 Å². The minimum atomic E-state index is 0.387. The molecule has 1 aromatic rings. The average Bonchev–Trinajstić information content (AvgIpc) is 2.86. The van der Waals surface area contributed by atoms with Crippen molar-refractivity contribution in [1.29, 1.82) is 0 Å². The van der Waals surface area contributed by atoms with Gasteiger partial charge in [0.2, 0.25) is 0 Å². The van der Waals surface area contributed by atoms with Crippen LogP contribution < -0.4 is 11.1 Å². The molecule has 0 spiro atoms. The summed E-state index contributed by atoms with van der Waals surface area (Å²) in [5.74, 6) is 0.